The quantitative estimate of drug-likeness (QED) is 0.865. The van der Waals surface area contributed by atoms with Gasteiger partial charge in [-0.1, -0.05) is 6.92 Å². The maximum Gasteiger partial charge on any atom is 0.275 e. The minimum absolute atomic E-state index is 0.273. The summed E-state index contributed by atoms with van der Waals surface area (Å²) >= 11 is 0. The van der Waals surface area contributed by atoms with Crippen LogP contribution in [0.15, 0.2) is 18.6 Å². The molecule has 0 aliphatic carbocycles. The summed E-state index contributed by atoms with van der Waals surface area (Å²) in [6.07, 6.45) is 5.77. The summed E-state index contributed by atoms with van der Waals surface area (Å²) < 4.78 is 1.65. The Balaban J connectivity index is 2.04. The fourth-order valence-corrected chi connectivity index (χ4v) is 1.70. The lowest BCUT2D eigenvalue weighted by molar-refractivity contribution is 0.102. The van der Waals surface area contributed by atoms with Crippen LogP contribution in [0.1, 0.15) is 29.5 Å². The SMILES string of the molecule is CCCNc1cnc(C(=O)Nc2cn(C)nc2C)cn1. The van der Waals surface area contributed by atoms with E-state index in [-0.39, 0.29) is 11.6 Å². The summed E-state index contributed by atoms with van der Waals surface area (Å²) in [5.74, 6) is 0.372. The first-order valence-corrected chi connectivity index (χ1v) is 6.47. The van der Waals surface area contributed by atoms with Crippen molar-refractivity contribution in [2.45, 2.75) is 20.3 Å². The molecule has 7 nitrogen and oxygen atoms in total. The molecule has 2 aromatic heterocycles. The van der Waals surface area contributed by atoms with Crippen LogP contribution in [0.25, 0.3) is 0 Å². The monoisotopic (exact) mass is 274 g/mol. The van der Waals surface area contributed by atoms with Crippen LogP contribution in [0, 0.1) is 6.92 Å². The van der Waals surface area contributed by atoms with E-state index in [1.165, 1.54) is 6.20 Å². The van der Waals surface area contributed by atoms with E-state index in [2.05, 4.69) is 32.6 Å². The van der Waals surface area contributed by atoms with Gasteiger partial charge in [0.15, 0.2) is 0 Å². The zero-order valence-corrected chi connectivity index (χ0v) is 11.8. The van der Waals surface area contributed by atoms with Gasteiger partial charge in [0.2, 0.25) is 0 Å². The Morgan fingerprint density at radius 3 is 2.70 bits per heavy atom. The highest BCUT2D eigenvalue weighted by atomic mass is 16.1. The van der Waals surface area contributed by atoms with E-state index in [1.54, 1.807) is 24.1 Å². The van der Waals surface area contributed by atoms with Gasteiger partial charge in [0.1, 0.15) is 11.5 Å². The molecular formula is C13H18N6O. The zero-order valence-electron chi connectivity index (χ0n) is 11.8. The summed E-state index contributed by atoms with van der Waals surface area (Å²) in [5.41, 5.74) is 1.71. The van der Waals surface area contributed by atoms with Crippen LogP contribution in [0.5, 0.6) is 0 Å². The van der Waals surface area contributed by atoms with Gasteiger partial charge in [0.25, 0.3) is 5.91 Å². The second-order valence-corrected chi connectivity index (χ2v) is 4.47. The molecule has 0 aromatic carbocycles. The second-order valence-electron chi connectivity index (χ2n) is 4.47. The average molecular weight is 274 g/mol. The lowest BCUT2D eigenvalue weighted by Gasteiger charge is -2.05. The zero-order chi connectivity index (χ0) is 14.5. The van der Waals surface area contributed by atoms with Gasteiger partial charge in [-0.25, -0.2) is 9.97 Å². The number of aromatic nitrogens is 4. The standard InChI is InChI=1S/C13H18N6O/c1-4-5-14-12-7-15-10(6-16-12)13(20)17-11-8-19(3)18-9(11)2/h6-8H,4-5H2,1-3H3,(H,14,16)(H,17,20). The normalized spacial score (nSPS) is 10.3. The molecule has 20 heavy (non-hydrogen) atoms. The number of nitrogens with zero attached hydrogens (tertiary/aromatic N) is 4. The predicted molar refractivity (Wildman–Crippen MR) is 76.7 cm³/mol. The number of aryl methyl sites for hydroxylation is 2. The van der Waals surface area contributed by atoms with Gasteiger partial charge in [-0.15, -0.1) is 0 Å². The average Bonchev–Trinajstić information content (AvgIpc) is 2.75. The van der Waals surface area contributed by atoms with E-state index in [0.717, 1.165) is 18.7 Å². The molecule has 0 saturated heterocycles. The van der Waals surface area contributed by atoms with Crippen molar-refractivity contribution in [1.82, 2.24) is 19.7 Å². The Hall–Kier alpha value is -2.44. The van der Waals surface area contributed by atoms with Crippen LogP contribution in [0.4, 0.5) is 11.5 Å². The highest BCUT2D eigenvalue weighted by molar-refractivity contribution is 6.02. The molecule has 0 fully saturated rings. The molecule has 0 bridgehead atoms. The number of nitrogens with one attached hydrogen (secondary N) is 2. The highest BCUT2D eigenvalue weighted by Crippen LogP contribution is 2.12. The Morgan fingerprint density at radius 1 is 1.35 bits per heavy atom. The van der Waals surface area contributed by atoms with Crippen LogP contribution < -0.4 is 10.6 Å². The van der Waals surface area contributed by atoms with Gasteiger partial charge < -0.3 is 10.6 Å². The van der Waals surface area contributed by atoms with E-state index in [9.17, 15) is 4.79 Å². The number of carbonyl (C=O) groups excluding carboxylic acids is 1. The van der Waals surface area contributed by atoms with Crippen molar-refractivity contribution in [3.8, 4) is 0 Å². The second kappa shape index (κ2) is 6.14. The van der Waals surface area contributed by atoms with Crippen molar-refractivity contribution in [3.63, 3.8) is 0 Å². The molecule has 0 atom stereocenters. The van der Waals surface area contributed by atoms with Crippen LogP contribution in [0.3, 0.4) is 0 Å². The van der Waals surface area contributed by atoms with Gasteiger partial charge in [0.05, 0.1) is 23.8 Å². The molecular weight excluding hydrogens is 256 g/mol. The third-order valence-corrected chi connectivity index (χ3v) is 2.70. The number of amides is 1. The van der Waals surface area contributed by atoms with Crippen molar-refractivity contribution in [2.75, 3.05) is 17.2 Å². The van der Waals surface area contributed by atoms with Crippen molar-refractivity contribution < 1.29 is 4.79 Å². The van der Waals surface area contributed by atoms with Crippen molar-refractivity contribution in [3.05, 3.63) is 30.0 Å². The first-order valence-electron chi connectivity index (χ1n) is 6.47. The fraction of sp³-hybridized carbons (Fsp3) is 0.385. The molecule has 0 saturated carbocycles. The predicted octanol–water partition coefficient (Wildman–Crippen LogP) is 1.59. The molecule has 106 valence electrons. The first-order chi connectivity index (χ1) is 9.60. The van der Waals surface area contributed by atoms with Crippen LogP contribution in [0.2, 0.25) is 0 Å². The fourth-order valence-electron chi connectivity index (χ4n) is 1.70. The molecule has 0 radical (unpaired) electrons. The smallest absolute Gasteiger partial charge is 0.275 e. The van der Waals surface area contributed by atoms with E-state index in [4.69, 9.17) is 0 Å². The Morgan fingerprint density at radius 2 is 2.15 bits per heavy atom. The molecule has 2 aromatic rings. The first kappa shape index (κ1) is 14.0. The number of carbonyl (C=O) groups is 1. The van der Waals surface area contributed by atoms with Gasteiger partial charge in [-0.3, -0.25) is 9.48 Å². The van der Waals surface area contributed by atoms with E-state index in [0.29, 0.717) is 11.5 Å². The minimum atomic E-state index is -0.296. The molecule has 0 spiro atoms. The van der Waals surface area contributed by atoms with Crippen molar-refractivity contribution in [1.29, 1.82) is 0 Å². The van der Waals surface area contributed by atoms with Crippen LogP contribution in [-0.4, -0.2) is 32.2 Å². The van der Waals surface area contributed by atoms with Crippen molar-refractivity contribution >= 4 is 17.4 Å². The molecule has 0 aliphatic rings. The Bertz CT molecular complexity index is 589. The van der Waals surface area contributed by atoms with E-state index < -0.39 is 0 Å². The molecule has 7 heteroatoms. The van der Waals surface area contributed by atoms with Gasteiger partial charge in [-0.05, 0) is 13.3 Å². The third kappa shape index (κ3) is 3.31. The van der Waals surface area contributed by atoms with Gasteiger partial charge in [0, 0.05) is 19.8 Å². The lowest BCUT2D eigenvalue weighted by Crippen LogP contribution is -2.15. The van der Waals surface area contributed by atoms with Crippen molar-refractivity contribution in [2.24, 2.45) is 7.05 Å². The Labute approximate surface area is 117 Å². The van der Waals surface area contributed by atoms with Crippen LogP contribution >= 0.6 is 0 Å². The number of hydrogen-bond donors (Lipinski definition) is 2. The molecule has 0 aliphatic heterocycles. The van der Waals surface area contributed by atoms with Gasteiger partial charge >= 0.3 is 0 Å². The van der Waals surface area contributed by atoms with Gasteiger partial charge in [-0.2, -0.15) is 5.10 Å². The highest BCUT2D eigenvalue weighted by Gasteiger charge is 2.11. The van der Waals surface area contributed by atoms with Crippen LogP contribution in [-0.2, 0) is 7.05 Å². The molecule has 2 N–H and O–H groups in total. The Kier molecular flexibility index (Phi) is 4.29. The number of rotatable bonds is 5. The van der Waals surface area contributed by atoms with E-state index in [1.807, 2.05) is 6.92 Å². The number of anilines is 2. The molecule has 1 amide bonds. The molecule has 2 heterocycles. The third-order valence-electron chi connectivity index (χ3n) is 2.70. The summed E-state index contributed by atoms with van der Waals surface area (Å²) in [5, 5.41) is 10.0. The maximum atomic E-state index is 12.0. The summed E-state index contributed by atoms with van der Waals surface area (Å²) in [4.78, 5) is 20.3. The minimum Gasteiger partial charge on any atom is -0.369 e. The lowest BCUT2D eigenvalue weighted by atomic mass is 10.3. The molecule has 0 unspecified atom stereocenters. The largest absolute Gasteiger partial charge is 0.369 e. The summed E-state index contributed by atoms with van der Waals surface area (Å²) in [6, 6.07) is 0. The molecule has 2 rings (SSSR count). The van der Waals surface area contributed by atoms with E-state index >= 15 is 0 Å². The summed E-state index contributed by atoms with van der Waals surface area (Å²) in [6.45, 7) is 4.73. The number of hydrogen-bond acceptors (Lipinski definition) is 5. The topological polar surface area (TPSA) is 84.7 Å². The summed E-state index contributed by atoms with van der Waals surface area (Å²) in [7, 11) is 1.80. The maximum absolute atomic E-state index is 12.0.